The van der Waals surface area contributed by atoms with Gasteiger partial charge in [-0.1, -0.05) is 13.8 Å². The lowest BCUT2D eigenvalue weighted by Crippen LogP contribution is -2.51. The molecule has 0 saturated carbocycles. The first-order chi connectivity index (χ1) is 8.00. The van der Waals surface area contributed by atoms with E-state index in [4.69, 9.17) is 10.5 Å². The lowest BCUT2D eigenvalue weighted by Gasteiger charge is -2.30. The normalized spacial score (nSPS) is 21.2. The fraction of sp³-hybridized carbons (Fsp3) is 0.917. The average Bonchev–Trinajstić information content (AvgIpc) is 2.28. The molecule has 1 fully saturated rings. The summed E-state index contributed by atoms with van der Waals surface area (Å²) < 4.78 is 5.28. The minimum absolute atomic E-state index is 0.0549. The molecule has 5 nitrogen and oxygen atoms in total. The highest BCUT2D eigenvalue weighted by molar-refractivity contribution is 5.81. The summed E-state index contributed by atoms with van der Waals surface area (Å²) in [6, 6.07) is -0.285. The van der Waals surface area contributed by atoms with E-state index in [0.29, 0.717) is 0 Å². The van der Waals surface area contributed by atoms with Crippen molar-refractivity contribution in [1.82, 2.24) is 10.2 Å². The second-order valence-electron chi connectivity index (χ2n) is 5.09. The molecule has 1 aliphatic heterocycles. The zero-order chi connectivity index (χ0) is 12.8. The largest absolute Gasteiger partial charge is 0.379 e. The van der Waals surface area contributed by atoms with E-state index >= 15 is 0 Å². The summed E-state index contributed by atoms with van der Waals surface area (Å²) >= 11 is 0. The molecule has 0 radical (unpaired) electrons. The Morgan fingerprint density at radius 2 is 1.94 bits per heavy atom. The minimum Gasteiger partial charge on any atom is -0.379 e. The Balaban J connectivity index is 2.28. The highest BCUT2D eigenvalue weighted by Gasteiger charge is 2.20. The predicted molar refractivity (Wildman–Crippen MR) is 67.7 cm³/mol. The van der Waals surface area contributed by atoms with Crippen LogP contribution >= 0.6 is 0 Å². The molecule has 0 aliphatic carbocycles. The Labute approximate surface area is 104 Å². The number of nitrogens with two attached hydrogens (primary N) is 1. The molecule has 5 heteroatoms. The molecule has 1 saturated heterocycles. The maximum absolute atomic E-state index is 11.8. The van der Waals surface area contributed by atoms with E-state index in [1.165, 1.54) is 0 Å². The molecule has 1 rings (SSSR count). The van der Waals surface area contributed by atoms with E-state index in [-0.39, 0.29) is 17.9 Å². The molecular weight excluding hydrogens is 218 g/mol. The van der Waals surface area contributed by atoms with E-state index in [9.17, 15) is 4.79 Å². The minimum atomic E-state index is -0.415. The summed E-state index contributed by atoms with van der Waals surface area (Å²) in [7, 11) is 0. The van der Waals surface area contributed by atoms with Crippen molar-refractivity contribution in [2.24, 2.45) is 11.7 Å². The Hall–Kier alpha value is -0.650. The van der Waals surface area contributed by atoms with Crippen LogP contribution in [0.25, 0.3) is 0 Å². The van der Waals surface area contributed by atoms with Gasteiger partial charge >= 0.3 is 0 Å². The van der Waals surface area contributed by atoms with Crippen LogP contribution in [-0.2, 0) is 9.53 Å². The summed E-state index contributed by atoms with van der Waals surface area (Å²) in [5.41, 5.74) is 5.80. The van der Waals surface area contributed by atoms with Crippen molar-refractivity contribution in [2.45, 2.75) is 32.9 Å². The number of nitrogens with zero attached hydrogens (tertiary/aromatic N) is 1. The summed E-state index contributed by atoms with van der Waals surface area (Å²) in [5.74, 6) is 0.117. The van der Waals surface area contributed by atoms with Gasteiger partial charge in [-0.05, 0) is 12.8 Å². The van der Waals surface area contributed by atoms with Gasteiger partial charge in [-0.3, -0.25) is 9.69 Å². The molecular formula is C12H25N3O2. The first-order valence-electron chi connectivity index (χ1n) is 6.36. The number of hydrogen-bond donors (Lipinski definition) is 2. The average molecular weight is 243 g/mol. The number of rotatable bonds is 5. The Bertz CT molecular complexity index is 240. The van der Waals surface area contributed by atoms with Crippen molar-refractivity contribution < 1.29 is 9.53 Å². The van der Waals surface area contributed by atoms with Crippen molar-refractivity contribution in [1.29, 1.82) is 0 Å². The molecule has 100 valence electrons. The van der Waals surface area contributed by atoms with Crippen LogP contribution in [0.1, 0.15) is 20.8 Å². The molecule has 17 heavy (non-hydrogen) atoms. The predicted octanol–water partition coefficient (Wildman–Crippen LogP) is -0.193. The SMILES string of the molecule is CC(CN1CCOCC1)NC(=O)[C@H](N)C(C)C. The third-order valence-electron chi connectivity index (χ3n) is 3.05. The first kappa shape index (κ1) is 14.4. The molecule has 1 amide bonds. The summed E-state index contributed by atoms with van der Waals surface area (Å²) in [6.45, 7) is 10.2. The van der Waals surface area contributed by atoms with Gasteiger partial charge in [-0.2, -0.15) is 0 Å². The quantitative estimate of drug-likeness (QED) is 0.702. The molecule has 0 aromatic carbocycles. The van der Waals surface area contributed by atoms with Gasteiger partial charge in [0.2, 0.25) is 5.91 Å². The monoisotopic (exact) mass is 243 g/mol. The molecule has 0 aromatic heterocycles. The number of amides is 1. The zero-order valence-corrected chi connectivity index (χ0v) is 11.1. The number of nitrogens with one attached hydrogen (secondary N) is 1. The maximum Gasteiger partial charge on any atom is 0.237 e. The van der Waals surface area contributed by atoms with Gasteiger partial charge in [0.1, 0.15) is 0 Å². The van der Waals surface area contributed by atoms with Crippen LogP contribution in [0.5, 0.6) is 0 Å². The van der Waals surface area contributed by atoms with Crippen LogP contribution in [0.3, 0.4) is 0 Å². The number of carbonyl (C=O) groups excluding carboxylic acids is 1. The second-order valence-corrected chi connectivity index (χ2v) is 5.09. The van der Waals surface area contributed by atoms with Crippen molar-refractivity contribution in [3.8, 4) is 0 Å². The number of hydrogen-bond acceptors (Lipinski definition) is 4. The zero-order valence-electron chi connectivity index (χ0n) is 11.1. The Morgan fingerprint density at radius 3 is 2.47 bits per heavy atom. The number of carbonyl (C=O) groups is 1. The van der Waals surface area contributed by atoms with Gasteiger partial charge in [0.25, 0.3) is 0 Å². The standard InChI is InChI=1S/C12H25N3O2/c1-9(2)11(13)12(16)14-10(3)8-15-4-6-17-7-5-15/h9-11H,4-8,13H2,1-3H3,(H,14,16)/t10?,11-/m1/s1. The van der Waals surface area contributed by atoms with Crippen LogP contribution in [0.4, 0.5) is 0 Å². The van der Waals surface area contributed by atoms with E-state index < -0.39 is 6.04 Å². The Kier molecular flexibility index (Phi) is 5.88. The first-order valence-corrected chi connectivity index (χ1v) is 6.36. The van der Waals surface area contributed by atoms with E-state index in [1.807, 2.05) is 20.8 Å². The fourth-order valence-electron chi connectivity index (χ4n) is 1.86. The van der Waals surface area contributed by atoms with Gasteiger partial charge in [0, 0.05) is 25.7 Å². The lowest BCUT2D eigenvalue weighted by atomic mass is 10.0. The van der Waals surface area contributed by atoms with E-state index in [1.54, 1.807) is 0 Å². The number of morpholine rings is 1. The summed E-state index contributed by atoms with van der Waals surface area (Å²) in [5, 5.41) is 2.96. The highest BCUT2D eigenvalue weighted by atomic mass is 16.5. The second kappa shape index (κ2) is 6.93. The molecule has 1 unspecified atom stereocenters. The third kappa shape index (κ3) is 5.02. The summed E-state index contributed by atoms with van der Waals surface area (Å²) in [6.07, 6.45) is 0. The molecule has 0 spiro atoms. The van der Waals surface area contributed by atoms with E-state index in [0.717, 1.165) is 32.8 Å². The van der Waals surface area contributed by atoms with Crippen molar-refractivity contribution in [2.75, 3.05) is 32.8 Å². The molecule has 0 aromatic rings. The van der Waals surface area contributed by atoms with Crippen LogP contribution in [0.15, 0.2) is 0 Å². The summed E-state index contributed by atoms with van der Waals surface area (Å²) in [4.78, 5) is 14.1. The molecule has 3 N–H and O–H groups in total. The molecule has 0 bridgehead atoms. The number of ether oxygens (including phenoxy) is 1. The van der Waals surface area contributed by atoms with Gasteiger partial charge in [0.15, 0.2) is 0 Å². The van der Waals surface area contributed by atoms with Gasteiger partial charge in [-0.15, -0.1) is 0 Å². The van der Waals surface area contributed by atoms with E-state index in [2.05, 4.69) is 10.2 Å². The fourth-order valence-corrected chi connectivity index (χ4v) is 1.86. The molecule has 1 aliphatic rings. The van der Waals surface area contributed by atoms with Gasteiger partial charge in [-0.25, -0.2) is 0 Å². The molecule has 1 heterocycles. The van der Waals surface area contributed by atoms with Crippen molar-refractivity contribution >= 4 is 5.91 Å². The topological polar surface area (TPSA) is 67.6 Å². The van der Waals surface area contributed by atoms with Crippen LogP contribution in [0, 0.1) is 5.92 Å². The highest BCUT2D eigenvalue weighted by Crippen LogP contribution is 2.01. The smallest absolute Gasteiger partial charge is 0.237 e. The third-order valence-corrected chi connectivity index (χ3v) is 3.05. The van der Waals surface area contributed by atoms with Crippen LogP contribution in [-0.4, -0.2) is 55.7 Å². The van der Waals surface area contributed by atoms with Crippen LogP contribution in [0.2, 0.25) is 0 Å². The molecule has 2 atom stereocenters. The lowest BCUT2D eigenvalue weighted by molar-refractivity contribution is -0.124. The Morgan fingerprint density at radius 1 is 1.35 bits per heavy atom. The van der Waals surface area contributed by atoms with Crippen LogP contribution < -0.4 is 11.1 Å². The van der Waals surface area contributed by atoms with Crippen molar-refractivity contribution in [3.05, 3.63) is 0 Å². The maximum atomic E-state index is 11.8. The van der Waals surface area contributed by atoms with Gasteiger partial charge in [0.05, 0.1) is 19.3 Å². The van der Waals surface area contributed by atoms with Gasteiger partial charge < -0.3 is 15.8 Å². The van der Waals surface area contributed by atoms with Crippen molar-refractivity contribution in [3.63, 3.8) is 0 Å².